The Labute approximate surface area is 148 Å². The summed E-state index contributed by atoms with van der Waals surface area (Å²) in [6.45, 7) is 7.12. The van der Waals surface area contributed by atoms with Crippen molar-refractivity contribution in [3.8, 4) is 5.75 Å². The molecule has 25 heavy (non-hydrogen) atoms. The van der Waals surface area contributed by atoms with Gasteiger partial charge in [0.15, 0.2) is 0 Å². The van der Waals surface area contributed by atoms with Crippen LogP contribution in [0.2, 0.25) is 0 Å². The summed E-state index contributed by atoms with van der Waals surface area (Å²) >= 11 is 0. The van der Waals surface area contributed by atoms with Crippen LogP contribution in [0.1, 0.15) is 25.0 Å². The lowest BCUT2D eigenvalue weighted by atomic mass is 9.90. The number of hydrogen-bond donors (Lipinski definition) is 2. The van der Waals surface area contributed by atoms with Gasteiger partial charge in [0, 0.05) is 17.4 Å². The van der Waals surface area contributed by atoms with E-state index in [-0.39, 0.29) is 11.8 Å². The molecule has 0 unspecified atom stereocenters. The largest absolute Gasteiger partial charge is 0.497 e. The molecule has 5 heteroatoms. The molecule has 0 radical (unpaired) electrons. The van der Waals surface area contributed by atoms with Crippen molar-refractivity contribution >= 4 is 23.2 Å². The summed E-state index contributed by atoms with van der Waals surface area (Å²) in [4.78, 5) is 25.3. The summed E-state index contributed by atoms with van der Waals surface area (Å²) in [7, 11) is 1.56. The molecule has 0 aliphatic heterocycles. The Morgan fingerprint density at radius 2 is 1.60 bits per heavy atom. The minimum Gasteiger partial charge on any atom is -0.497 e. The zero-order valence-electron chi connectivity index (χ0n) is 15.3. The van der Waals surface area contributed by atoms with Crippen molar-refractivity contribution in [1.82, 2.24) is 0 Å². The second-order valence-corrected chi connectivity index (χ2v) is 6.51. The number of ether oxygens (including phenoxy) is 1. The highest BCUT2D eigenvalue weighted by Crippen LogP contribution is 2.25. The standard InChI is InChI=1S/C20H24N2O3/c1-13-8-6-11-17(14(13)2)22-19(24)20(3,4)18(23)21-15-9-7-10-16(12-15)25-5/h6-12H,1-5H3,(H,21,23)(H,22,24). The maximum Gasteiger partial charge on any atom is 0.239 e. The lowest BCUT2D eigenvalue weighted by Gasteiger charge is -2.23. The molecular weight excluding hydrogens is 316 g/mol. The number of hydrogen-bond acceptors (Lipinski definition) is 3. The van der Waals surface area contributed by atoms with E-state index in [2.05, 4.69) is 10.6 Å². The Kier molecular flexibility index (Phi) is 5.47. The van der Waals surface area contributed by atoms with Crippen molar-refractivity contribution in [2.75, 3.05) is 17.7 Å². The van der Waals surface area contributed by atoms with Gasteiger partial charge in [0.25, 0.3) is 0 Å². The summed E-state index contributed by atoms with van der Waals surface area (Å²) in [5.74, 6) is -0.111. The number of nitrogens with one attached hydrogen (secondary N) is 2. The molecule has 0 atom stereocenters. The number of methoxy groups -OCH3 is 1. The molecule has 0 aliphatic carbocycles. The number of anilines is 2. The number of carbonyl (C=O) groups is 2. The predicted molar refractivity (Wildman–Crippen MR) is 100.0 cm³/mol. The lowest BCUT2D eigenvalue weighted by molar-refractivity contribution is -0.135. The molecule has 132 valence electrons. The van der Waals surface area contributed by atoms with Gasteiger partial charge in [-0.05, 0) is 57.0 Å². The zero-order valence-corrected chi connectivity index (χ0v) is 15.3. The van der Waals surface area contributed by atoms with Crippen LogP contribution in [0.3, 0.4) is 0 Å². The molecule has 0 spiro atoms. The van der Waals surface area contributed by atoms with Gasteiger partial charge in [0.05, 0.1) is 7.11 Å². The van der Waals surface area contributed by atoms with E-state index < -0.39 is 5.41 Å². The molecule has 2 aromatic carbocycles. The van der Waals surface area contributed by atoms with E-state index in [1.807, 2.05) is 32.0 Å². The third kappa shape index (κ3) is 4.18. The van der Waals surface area contributed by atoms with E-state index in [1.54, 1.807) is 45.2 Å². The SMILES string of the molecule is COc1cccc(NC(=O)C(C)(C)C(=O)Nc2cccc(C)c2C)c1. The normalized spacial score (nSPS) is 10.9. The summed E-state index contributed by atoms with van der Waals surface area (Å²) in [6, 6.07) is 12.7. The van der Waals surface area contributed by atoms with Gasteiger partial charge >= 0.3 is 0 Å². The van der Waals surface area contributed by atoms with Gasteiger partial charge < -0.3 is 15.4 Å². The van der Waals surface area contributed by atoms with Crippen LogP contribution in [0.4, 0.5) is 11.4 Å². The maximum absolute atomic E-state index is 12.7. The van der Waals surface area contributed by atoms with Crippen LogP contribution < -0.4 is 15.4 Å². The van der Waals surface area contributed by atoms with Crippen LogP contribution in [0, 0.1) is 19.3 Å². The van der Waals surface area contributed by atoms with Gasteiger partial charge in [-0.15, -0.1) is 0 Å². The molecule has 5 nitrogen and oxygen atoms in total. The van der Waals surface area contributed by atoms with Gasteiger partial charge in [-0.2, -0.15) is 0 Å². The molecule has 2 rings (SSSR count). The molecule has 0 heterocycles. The fraction of sp³-hybridized carbons (Fsp3) is 0.300. The number of amides is 2. The Morgan fingerprint density at radius 3 is 2.28 bits per heavy atom. The Morgan fingerprint density at radius 1 is 0.960 bits per heavy atom. The number of benzene rings is 2. The van der Waals surface area contributed by atoms with E-state index in [0.29, 0.717) is 17.1 Å². The first-order valence-electron chi connectivity index (χ1n) is 8.09. The van der Waals surface area contributed by atoms with Gasteiger partial charge in [-0.3, -0.25) is 9.59 Å². The van der Waals surface area contributed by atoms with Crippen molar-refractivity contribution in [1.29, 1.82) is 0 Å². The van der Waals surface area contributed by atoms with E-state index in [1.165, 1.54) is 0 Å². The predicted octanol–water partition coefficient (Wildman–Crippen LogP) is 3.92. The monoisotopic (exact) mass is 340 g/mol. The first-order valence-corrected chi connectivity index (χ1v) is 8.09. The van der Waals surface area contributed by atoms with Crippen molar-refractivity contribution in [3.05, 3.63) is 53.6 Å². The van der Waals surface area contributed by atoms with Gasteiger partial charge in [0.2, 0.25) is 11.8 Å². The van der Waals surface area contributed by atoms with E-state index in [4.69, 9.17) is 4.74 Å². The van der Waals surface area contributed by atoms with E-state index in [0.717, 1.165) is 11.1 Å². The van der Waals surface area contributed by atoms with Crippen molar-refractivity contribution < 1.29 is 14.3 Å². The highest BCUT2D eigenvalue weighted by atomic mass is 16.5. The summed E-state index contributed by atoms with van der Waals surface area (Å²) in [6.07, 6.45) is 0. The average molecular weight is 340 g/mol. The molecule has 0 aliphatic rings. The smallest absolute Gasteiger partial charge is 0.239 e. The maximum atomic E-state index is 12.7. The topological polar surface area (TPSA) is 67.4 Å². The van der Waals surface area contributed by atoms with Gasteiger partial charge in [0.1, 0.15) is 11.2 Å². The van der Waals surface area contributed by atoms with Crippen molar-refractivity contribution in [2.24, 2.45) is 5.41 Å². The Bertz CT molecular complexity index is 797. The minimum absolute atomic E-state index is 0.360. The highest BCUT2D eigenvalue weighted by Gasteiger charge is 2.36. The third-order valence-corrected chi connectivity index (χ3v) is 4.32. The Hall–Kier alpha value is -2.82. The quantitative estimate of drug-likeness (QED) is 0.811. The van der Waals surface area contributed by atoms with Crippen molar-refractivity contribution in [3.63, 3.8) is 0 Å². The van der Waals surface area contributed by atoms with Crippen LogP contribution in [-0.4, -0.2) is 18.9 Å². The van der Waals surface area contributed by atoms with E-state index >= 15 is 0 Å². The minimum atomic E-state index is -1.24. The first kappa shape index (κ1) is 18.5. The second-order valence-electron chi connectivity index (χ2n) is 6.51. The van der Waals surface area contributed by atoms with Crippen LogP contribution in [0.25, 0.3) is 0 Å². The molecule has 2 aromatic rings. The molecule has 0 bridgehead atoms. The molecule has 2 amide bonds. The fourth-order valence-corrected chi connectivity index (χ4v) is 2.26. The molecule has 2 N–H and O–H groups in total. The first-order chi connectivity index (χ1) is 11.8. The molecule has 0 saturated carbocycles. The lowest BCUT2D eigenvalue weighted by Crippen LogP contribution is -2.41. The van der Waals surface area contributed by atoms with E-state index in [9.17, 15) is 9.59 Å². The van der Waals surface area contributed by atoms with Crippen LogP contribution in [0.15, 0.2) is 42.5 Å². The average Bonchev–Trinajstić information content (AvgIpc) is 2.59. The Balaban J connectivity index is 2.14. The summed E-state index contributed by atoms with van der Waals surface area (Å²) in [5, 5.41) is 5.63. The van der Waals surface area contributed by atoms with Crippen molar-refractivity contribution in [2.45, 2.75) is 27.7 Å². The molecule has 0 aromatic heterocycles. The van der Waals surface area contributed by atoms with Gasteiger partial charge in [-0.25, -0.2) is 0 Å². The van der Waals surface area contributed by atoms with Crippen LogP contribution >= 0.6 is 0 Å². The molecule has 0 fully saturated rings. The number of carbonyl (C=O) groups excluding carboxylic acids is 2. The summed E-state index contributed by atoms with van der Waals surface area (Å²) in [5.41, 5.74) is 2.12. The highest BCUT2D eigenvalue weighted by molar-refractivity contribution is 6.14. The van der Waals surface area contributed by atoms with Crippen LogP contribution in [-0.2, 0) is 9.59 Å². The second kappa shape index (κ2) is 7.38. The number of aryl methyl sites for hydroxylation is 1. The fourth-order valence-electron chi connectivity index (χ4n) is 2.26. The molecular formula is C20H24N2O3. The van der Waals surface area contributed by atoms with Gasteiger partial charge in [-0.1, -0.05) is 18.2 Å². The summed E-state index contributed by atoms with van der Waals surface area (Å²) < 4.78 is 5.14. The zero-order chi connectivity index (χ0) is 18.6. The number of rotatable bonds is 5. The third-order valence-electron chi connectivity index (χ3n) is 4.32. The van der Waals surface area contributed by atoms with Crippen LogP contribution in [0.5, 0.6) is 5.75 Å². The molecule has 0 saturated heterocycles.